The molecule has 0 saturated heterocycles. The maximum Gasteiger partial charge on any atom is 0.214 e. The molecule has 1 saturated carbocycles. The lowest BCUT2D eigenvalue weighted by molar-refractivity contribution is 0.0559. The van der Waals surface area contributed by atoms with E-state index >= 15 is 0 Å². The van der Waals surface area contributed by atoms with Crippen molar-refractivity contribution < 1.29 is 5.11 Å². The Kier molecular flexibility index (Phi) is 3.98. The number of hydrogen-bond donors (Lipinski definition) is 1. The molecule has 4 rings (SSSR count). The summed E-state index contributed by atoms with van der Waals surface area (Å²) >= 11 is 7.47. The summed E-state index contributed by atoms with van der Waals surface area (Å²) in [6.45, 7) is 0.619. The number of rotatable bonds is 4. The van der Waals surface area contributed by atoms with E-state index in [-0.39, 0.29) is 0 Å². The highest BCUT2D eigenvalue weighted by Gasteiger charge is 2.33. The Labute approximate surface area is 149 Å². The lowest BCUT2D eigenvalue weighted by Crippen LogP contribution is -2.39. The molecule has 1 fully saturated rings. The average Bonchev–Trinajstić information content (AvgIpc) is 3.22. The van der Waals surface area contributed by atoms with Crippen molar-refractivity contribution in [1.82, 2.24) is 14.6 Å². The molecule has 1 aromatic carbocycles. The van der Waals surface area contributed by atoms with E-state index in [1.54, 1.807) is 4.52 Å². The molecule has 2 aromatic heterocycles. The second kappa shape index (κ2) is 6.02. The number of halogens is 1. The number of anilines is 1. The standard InChI is InChI=1S/C17H19ClN4OS/c1-21(11-17(23)8-2-3-9-17)16-20-22-10-14(19-15(22)24-16)12-4-6-13(18)7-5-12/h4-7,10,23H,2-3,8-9,11H2,1H3. The first kappa shape index (κ1) is 15.9. The van der Waals surface area contributed by atoms with Crippen molar-refractivity contribution in [2.45, 2.75) is 31.3 Å². The van der Waals surface area contributed by atoms with Gasteiger partial charge < -0.3 is 10.0 Å². The molecule has 2 heterocycles. The maximum absolute atomic E-state index is 10.6. The maximum atomic E-state index is 10.6. The van der Waals surface area contributed by atoms with Crippen LogP contribution >= 0.6 is 22.9 Å². The molecule has 3 aromatic rings. The number of fused-ring (bicyclic) bond motifs is 1. The van der Waals surface area contributed by atoms with Crippen molar-refractivity contribution in [3.8, 4) is 11.3 Å². The molecule has 0 radical (unpaired) electrons. The third-order valence-corrected chi connectivity index (χ3v) is 5.85. The summed E-state index contributed by atoms with van der Waals surface area (Å²) in [4.78, 5) is 7.53. The molecule has 0 bridgehead atoms. The molecule has 7 heteroatoms. The Hall–Kier alpha value is -1.63. The van der Waals surface area contributed by atoms with Crippen molar-refractivity contribution in [3.63, 3.8) is 0 Å². The van der Waals surface area contributed by atoms with E-state index in [1.165, 1.54) is 11.3 Å². The van der Waals surface area contributed by atoms with Gasteiger partial charge in [-0.15, -0.1) is 5.10 Å². The van der Waals surface area contributed by atoms with Crippen LogP contribution < -0.4 is 4.90 Å². The van der Waals surface area contributed by atoms with Crippen LogP contribution in [0.5, 0.6) is 0 Å². The van der Waals surface area contributed by atoms with Crippen LogP contribution in [-0.4, -0.2) is 38.9 Å². The quantitative estimate of drug-likeness (QED) is 0.765. The lowest BCUT2D eigenvalue weighted by atomic mass is 10.0. The molecule has 5 nitrogen and oxygen atoms in total. The van der Waals surface area contributed by atoms with Crippen molar-refractivity contribution in [2.75, 3.05) is 18.5 Å². The van der Waals surface area contributed by atoms with Crippen molar-refractivity contribution in [3.05, 3.63) is 35.5 Å². The van der Waals surface area contributed by atoms with Crippen LogP contribution in [-0.2, 0) is 0 Å². The predicted octanol–water partition coefficient (Wildman–Crippen LogP) is 3.85. The first-order valence-electron chi connectivity index (χ1n) is 8.08. The highest BCUT2D eigenvalue weighted by atomic mass is 35.5. The zero-order valence-electron chi connectivity index (χ0n) is 13.4. The van der Waals surface area contributed by atoms with Crippen LogP contribution in [0.25, 0.3) is 16.2 Å². The van der Waals surface area contributed by atoms with Crippen LogP contribution in [0.3, 0.4) is 0 Å². The van der Waals surface area contributed by atoms with Gasteiger partial charge in [0.1, 0.15) is 0 Å². The van der Waals surface area contributed by atoms with Crippen molar-refractivity contribution in [1.29, 1.82) is 0 Å². The van der Waals surface area contributed by atoms with Gasteiger partial charge in [0, 0.05) is 24.2 Å². The fourth-order valence-electron chi connectivity index (χ4n) is 3.30. The van der Waals surface area contributed by atoms with E-state index in [0.29, 0.717) is 11.6 Å². The number of nitrogens with zero attached hydrogens (tertiary/aromatic N) is 4. The Morgan fingerprint density at radius 2 is 2.00 bits per heavy atom. The molecule has 0 aliphatic heterocycles. The van der Waals surface area contributed by atoms with Crippen LogP contribution in [0.15, 0.2) is 30.5 Å². The molecule has 1 aliphatic carbocycles. The minimum Gasteiger partial charge on any atom is -0.388 e. The topological polar surface area (TPSA) is 53.7 Å². The molecule has 0 unspecified atom stereocenters. The summed E-state index contributed by atoms with van der Waals surface area (Å²) in [5.41, 5.74) is 1.33. The summed E-state index contributed by atoms with van der Waals surface area (Å²) in [6.07, 6.45) is 5.89. The molecule has 1 N–H and O–H groups in total. The number of benzene rings is 1. The summed E-state index contributed by atoms with van der Waals surface area (Å²) < 4.78 is 1.80. The number of aliphatic hydroxyl groups is 1. The van der Waals surface area contributed by atoms with Crippen LogP contribution in [0.1, 0.15) is 25.7 Å². The second-order valence-corrected chi connectivity index (χ2v) is 7.90. The minimum atomic E-state index is -0.572. The summed E-state index contributed by atoms with van der Waals surface area (Å²) in [7, 11) is 1.98. The van der Waals surface area contributed by atoms with E-state index in [0.717, 1.165) is 47.0 Å². The molecule has 126 valence electrons. The first-order chi connectivity index (χ1) is 11.5. The van der Waals surface area contributed by atoms with E-state index < -0.39 is 5.60 Å². The summed E-state index contributed by atoms with van der Waals surface area (Å²) in [6, 6.07) is 7.63. The normalized spacial score (nSPS) is 16.8. The zero-order chi connectivity index (χ0) is 16.7. The lowest BCUT2D eigenvalue weighted by Gasteiger charge is -2.27. The smallest absolute Gasteiger partial charge is 0.214 e. The summed E-state index contributed by atoms with van der Waals surface area (Å²) in [5.74, 6) is 0. The Bertz CT molecular complexity index is 820. The minimum absolute atomic E-state index is 0.572. The van der Waals surface area contributed by atoms with Gasteiger partial charge in [0.05, 0.1) is 17.5 Å². The largest absolute Gasteiger partial charge is 0.388 e. The third-order valence-electron chi connectivity index (χ3n) is 4.56. The van der Waals surface area contributed by atoms with Gasteiger partial charge >= 0.3 is 0 Å². The van der Waals surface area contributed by atoms with Crippen molar-refractivity contribution in [2.24, 2.45) is 0 Å². The predicted molar refractivity (Wildman–Crippen MR) is 98.0 cm³/mol. The second-order valence-electron chi connectivity index (χ2n) is 6.53. The highest BCUT2D eigenvalue weighted by molar-refractivity contribution is 7.20. The van der Waals surface area contributed by atoms with Gasteiger partial charge in [-0.1, -0.05) is 47.9 Å². The fourth-order valence-corrected chi connectivity index (χ4v) is 4.27. The summed E-state index contributed by atoms with van der Waals surface area (Å²) in [5, 5.41) is 16.8. The SMILES string of the molecule is CN(CC1(O)CCCC1)c1nn2cc(-c3ccc(Cl)cc3)nc2s1. The van der Waals surface area contributed by atoms with E-state index in [9.17, 15) is 5.11 Å². The monoisotopic (exact) mass is 362 g/mol. The zero-order valence-corrected chi connectivity index (χ0v) is 15.0. The van der Waals surface area contributed by atoms with Gasteiger partial charge in [-0.25, -0.2) is 9.50 Å². The van der Waals surface area contributed by atoms with Crippen LogP contribution in [0, 0.1) is 0 Å². The Morgan fingerprint density at radius 3 is 2.67 bits per heavy atom. The van der Waals surface area contributed by atoms with Crippen molar-refractivity contribution >= 4 is 33.0 Å². The Balaban J connectivity index is 1.56. The number of hydrogen-bond acceptors (Lipinski definition) is 5. The molecule has 0 amide bonds. The van der Waals surface area contributed by atoms with Crippen LogP contribution in [0.2, 0.25) is 5.02 Å². The van der Waals surface area contributed by atoms with Gasteiger partial charge in [0.25, 0.3) is 0 Å². The third kappa shape index (κ3) is 3.01. The van der Waals surface area contributed by atoms with Gasteiger partial charge in [-0.05, 0) is 25.0 Å². The molecule has 0 spiro atoms. The van der Waals surface area contributed by atoms with Gasteiger partial charge in [0.15, 0.2) is 0 Å². The highest BCUT2D eigenvalue weighted by Crippen LogP contribution is 2.32. The number of aromatic nitrogens is 3. The molecular weight excluding hydrogens is 344 g/mol. The van der Waals surface area contributed by atoms with E-state index in [2.05, 4.69) is 10.1 Å². The Morgan fingerprint density at radius 1 is 1.29 bits per heavy atom. The number of likely N-dealkylation sites (N-methyl/N-ethyl adjacent to an activating group) is 1. The van der Waals surface area contributed by atoms with Gasteiger partial charge in [0.2, 0.25) is 10.1 Å². The number of imidazole rings is 1. The van der Waals surface area contributed by atoms with Gasteiger partial charge in [-0.3, -0.25) is 0 Å². The molecular formula is C17H19ClN4OS. The van der Waals surface area contributed by atoms with E-state index in [4.69, 9.17) is 11.6 Å². The first-order valence-corrected chi connectivity index (χ1v) is 9.28. The molecule has 1 aliphatic rings. The van der Waals surface area contributed by atoms with E-state index in [1.807, 2.05) is 42.4 Å². The van der Waals surface area contributed by atoms with Gasteiger partial charge in [-0.2, -0.15) is 0 Å². The van der Waals surface area contributed by atoms with Crippen LogP contribution in [0.4, 0.5) is 5.13 Å². The molecule has 24 heavy (non-hydrogen) atoms. The fraction of sp³-hybridized carbons (Fsp3) is 0.412. The average molecular weight is 363 g/mol. The molecule has 0 atom stereocenters.